The molecule has 20 heavy (non-hydrogen) atoms. The Morgan fingerprint density at radius 3 is 2.50 bits per heavy atom. The molecule has 1 aromatic heterocycles. The fraction of sp³-hybridized carbons (Fsp3) is 0.133. The van der Waals surface area contributed by atoms with E-state index in [1.807, 2.05) is 31.2 Å². The Kier molecular flexibility index (Phi) is 4.44. The first-order chi connectivity index (χ1) is 9.69. The molecule has 5 heteroatoms. The summed E-state index contributed by atoms with van der Waals surface area (Å²) >= 11 is 0. The van der Waals surface area contributed by atoms with Crippen molar-refractivity contribution in [1.82, 2.24) is 9.97 Å². The third kappa shape index (κ3) is 3.65. The Balaban J connectivity index is 2.01. The number of aryl methyl sites for hydroxylation is 1. The van der Waals surface area contributed by atoms with Crippen LogP contribution < -0.4 is 10.6 Å². The summed E-state index contributed by atoms with van der Waals surface area (Å²) < 4.78 is 0. The highest BCUT2D eigenvalue weighted by atomic mass is 16.1. The molecule has 102 valence electrons. The molecule has 1 amide bonds. The van der Waals surface area contributed by atoms with Crippen molar-refractivity contribution in [2.45, 2.75) is 6.92 Å². The van der Waals surface area contributed by atoms with Gasteiger partial charge in [-0.1, -0.05) is 23.8 Å². The molecule has 0 aliphatic heterocycles. The lowest BCUT2D eigenvalue weighted by Gasteiger charge is -2.06. The molecule has 2 N–H and O–H groups in total. The smallest absolute Gasteiger partial charge is 0.258 e. The Labute approximate surface area is 117 Å². The number of carbonyl (C=O) groups is 1. The molecular formula is C15H16N4O. The summed E-state index contributed by atoms with van der Waals surface area (Å²) in [6, 6.07) is 7.59. The monoisotopic (exact) mass is 268 g/mol. The standard InChI is InChI=1S/C15H16N4O/c1-3-8-16-15-17-9-12(10-18-15)14(20)19-13-6-4-11(2)5-7-13/h3-7,9-10H,1,8H2,2H3,(H,19,20)(H,16,17,18). The second kappa shape index (κ2) is 6.47. The van der Waals surface area contributed by atoms with E-state index < -0.39 is 0 Å². The molecule has 0 atom stereocenters. The van der Waals surface area contributed by atoms with Crippen LogP contribution in [0.1, 0.15) is 15.9 Å². The van der Waals surface area contributed by atoms with Gasteiger partial charge in [0.1, 0.15) is 0 Å². The number of hydrogen-bond acceptors (Lipinski definition) is 4. The molecule has 5 nitrogen and oxygen atoms in total. The van der Waals surface area contributed by atoms with Gasteiger partial charge >= 0.3 is 0 Å². The summed E-state index contributed by atoms with van der Waals surface area (Å²) in [4.78, 5) is 20.1. The maximum atomic E-state index is 12.0. The third-order valence-corrected chi connectivity index (χ3v) is 2.63. The highest BCUT2D eigenvalue weighted by Crippen LogP contribution is 2.10. The number of rotatable bonds is 5. The molecule has 2 aromatic rings. The first kappa shape index (κ1) is 13.7. The summed E-state index contributed by atoms with van der Waals surface area (Å²) in [7, 11) is 0. The quantitative estimate of drug-likeness (QED) is 0.818. The maximum absolute atomic E-state index is 12.0. The Bertz CT molecular complexity index is 590. The predicted octanol–water partition coefficient (Wildman–Crippen LogP) is 2.64. The van der Waals surface area contributed by atoms with Crippen molar-refractivity contribution >= 4 is 17.5 Å². The van der Waals surface area contributed by atoms with Crippen molar-refractivity contribution < 1.29 is 4.79 Å². The largest absolute Gasteiger partial charge is 0.351 e. The topological polar surface area (TPSA) is 66.9 Å². The highest BCUT2D eigenvalue weighted by Gasteiger charge is 2.07. The second-order valence-electron chi connectivity index (χ2n) is 4.29. The van der Waals surface area contributed by atoms with Crippen LogP contribution in [0.4, 0.5) is 11.6 Å². The highest BCUT2D eigenvalue weighted by molar-refractivity contribution is 6.03. The molecule has 0 aliphatic rings. The van der Waals surface area contributed by atoms with Gasteiger partial charge in [0.15, 0.2) is 0 Å². The van der Waals surface area contributed by atoms with Crippen molar-refractivity contribution in [2.24, 2.45) is 0 Å². The van der Waals surface area contributed by atoms with Crippen LogP contribution in [0.2, 0.25) is 0 Å². The van der Waals surface area contributed by atoms with Crippen molar-refractivity contribution in [1.29, 1.82) is 0 Å². The van der Waals surface area contributed by atoms with Gasteiger partial charge < -0.3 is 10.6 Å². The molecule has 2 rings (SSSR count). The van der Waals surface area contributed by atoms with Crippen LogP contribution in [-0.4, -0.2) is 22.4 Å². The van der Waals surface area contributed by atoms with Crippen molar-refractivity contribution in [2.75, 3.05) is 17.2 Å². The number of aromatic nitrogens is 2. The van der Waals surface area contributed by atoms with Gasteiger partial charge in [-0.2, -0.15) is 0 Å². The summed E-state index contributed by atoms with van der Waals surface area (Å²) in [5.41, 5.74) is 2.30. The summed E-state index contributed by atoms with van der Waals surface area (Å²) in [6.45, 7) is 6.17. The van der Waals surface area contributed by atoms with Gasteiger partial charge in [0.05, 0.1) is 5.56 Å². The lowest BCUT2D eigenvalue weighted by molar-refractivity contribution is 0.102. The maximum Gasteiger partial charge on any atom is 0.258 e. The number of nitrogens with one attached hydrogen (secondary N) is 2. The lowest BCUT2D eigenvalue weighted by Crippen LogP contribution is -2.13. The average Bonchev–Trinajstić information content (AvgIpc) is 2.48. The van der Waals surface area contributed by atoms with E-state index in [-0.39, 0.29) is 5.91 Å². The predicted molar refractivity (Wildman–Crippen MR) is 79.9 cm³/mol. The van der Waals surface area contributed by atoms with Crippen LogP contribution in [0.15, 0.2) is 49.3 Å². The van der Waals surface area contributed by atoms with Gasteiger partial charge in [0, 0.05) is 24.6 Å². The molecule has 0 saturated heterocycles. The van der Waals surface area contributed by atoms with Gasteiger partial charge in [0.25, 0.3) is 5.91 Å². The Hall–Kier alpha value is -2.69. The second-order valence-corrected chi connectivity index (χ2v) is 4.29. The third-order valence-electron chi connectivity index (χ3n) is 2.63. The fourth-order valence-corrected chi connectivity index (χ4v) is 1.54. The Morgan fingerprint density at radius 1 is 1.25 bits per heavy atom. The zero-order valence-electron chi connectivity index (χ0n) is 11.3. The molecule has 0 spiro atoms. The van der Waals surface area contributed by atoms with E-state index >= 15 is 0 Å². The zero-order chi connectivity index (χ0) is 14.4. The number of benzene rings is 1. The normalized spacial score (nSPS) is 9.85. The van der Waals surface area contributed by atoms with Gasteiger partial charge in [-0.3, -0.25) is 4.79 Å². The van der Waals surface area contributed by atoms with Gasteiger partial charge in [-0.15, -0.1) is 6.58 Å². The van der Waals surface area contributed by atoms with E-state index in [2.05, 4.69) is 27.2 Å². The van der Waals surface area contributed by atoms with Crippen molar-refractivity contribution in [3.05, 3.63) is 60.4 Å². The molecule has 1 heterocycles. The number of carbonyl (C=O) groups excluding carboxylic acids is 1. The first-order valence-corrected chi connectivity index (χ1v) is 6.24. The SMILES string of the molecule is C=CCNc1ncc(C(=O)Nc2ccc(C)cc2)cn1. The van der Waals surface area contributed by atoms with Crippen LogP contribution in [-0.2, 0) is 0 Å². The summed E-state index contributed by atoms with van der Waals surface area (Å²) in [5, 5.41) is 5.74. The molecule has 0 saturated carbocycles. The van der Waals surface area contributed by atoms with Gasteiger partial charge in [-0.25, -0.2) is 9.97 Å². The van der Waals surface area contributed by atoms with Crippen LogP contribution >= 0.6 is 0 Å². The van der Waals surface area contributed by atoms with E-state index in [0.717, 1.165) is 11.3 Å². The molecular weight excluding hydrogens is 252 g/mol. The summed E-state index contributed by atoms with van der Waals surface area (Å²) in [6.07, 6.45) is 4.69. The number of nitrogens with zero attached hydrogens (tertiary/aromatic N) is 2. The van der Waals surface area contributed by atoms with E-state index in [1.165, 1.54) is 12.4 Å². The van der Waals surface area contributed by atoms with Gasteiger partial charge in [0.2, 0.25) is 5.95 Å². The van der Waals surface area contributed by atoms with E-state index in [0.29, 0.717) is 18.1 Å². The molecule has 0 aliphatic carbocycles. The number of anilines is 2. The van der Waals surface area contributed by atoms with E-state index in [1.54, 1.807) is 6.08 Å². The summed E-state index contributed by atoms with van der Waals surface area (Å²) in [5.74, 6) is 0.237. The molecule has 0 unspecified atom stereocenters. The van der Waals surface area contributed by atoms with E-state index in [9.17, 15) is 4.79 Å². The number of amides is 1. The zero-order valence-corrected chi connectivity index (χ0v) is 11.3. The van der Waals surface area contributed by atoms with Crippen molar-refractivity contribution in [3.8, 4) is 0 Å². The lowest BCUT2D eigenvalue weighted by atomic mass is 10.2. The Morgan fingerprint density at radius 2 is 1.90 bits per heavy atom. The van der Waals surface area contributed by atoms with Crippen LogP contribution in [0.3, 0.4) is 0 Å². The number of hydrogen-bond donors (Lipinski definition) is 2. The molecule has 0 radical (unpaired) electrons. The van der Waals surface area contributed by atoms with Crippen molar-refractivity contribution in [3.63, 3.8) is 0 Å². The van der Waals surface area contributed by atoms with Crippen LogP contribution in [0.25, 0.3) is 0 Å². The minimum Gasteiger partial charge on any atom is -0.351 e. The molecule has 0 fully saturated rings. The van der Waals surface area contributed by atoms with Gasteiger partial charge in [-0.05, 0) is 19.1 Å². The molecule has 1 aromatic carbocycles. The average molecular weight is 268 g/mol. The fourth-order valence-electron chi connectivity index (χ4n) is 1.54. The first-order valence-electron chi connectivity index (χ1n) is 6.24. The minimum absolute atomic E-state index is 0.232. The van der Waals surface area contributed by atoms with E-state index in [4.69, 9.17) is 0 Å². The van der Waals surface area contributed by atoms with Crippen LogP contribution in [0.5, 0.6) is 0 Å². The minimum atomic E-state index is -0.232. The molecule has 0 bridgehead atoms. The van der Waals surface area contributed by atoms with Crippen LogP contribution in [0, 0.1) is 6.92 Å².